The van der Waals surface area contributed by atoms with Crippen LogP contribution in [0.1, 0.15) is 258 Å². The summed E-state index contributed by atoms with van der Waals surface area (Å²) >= 11 is 0. The first-order valence-electron chi connectivity index (χ1n) is 27.6. The highest BCUT2D eigenvalue weighted by Crippen LogP contribution is 2.14. The first-order valence-corrected chi connectivity index (χ1v) is 27.6. The zero-order valence-corrected chi connectivity index (χ0v) is 43.2. The van der Waals surface area contributed by atoms with Crippen molar-refractivity contribution in [2.45, 2.75) is 264 Å². The number of carbonyl (C=O) groups is 3. The summed E-state index contributed by atoms with van der Waals surface area (Å²) < 4.78 is 16.8. The molecule has 0 spiro atoms. The van der Waals surface area contributed by atoms with E-state index in [9.17, 15) is 14.4 Å². The van der Waals surface area contributed by atoms with Crippen LogP contribution in [0.25, 0.3) is 0 Å². The predicted molar refractivity (Wildman–Crippen MR) is 284 cm³/mol. The van der Waals surface area contributed by atoms with Gasteiger partial charge in [0.15, 0.2) is 6.10 Å². The number of rotatable bonds is 49. The summed E-state index contributed by atoms with van der Waals surface area (Å²) in [5.41, 5.74) is 0. The molecule has 0 N–H and O–H groups in total. The molecular formula is C60H102O6. The molecule has 1 unspecified atom stereocenters. The molecule has 378 valence electrons. The Morgan fingerprint density at radius 2 is 0.621 bits per heavy atom. The zero-order valence-electron chi connectivity index (χ0n) is 43.2. The quantitative estimate of drug-likeness (QED) is 0.0262. The number of allylic oxidation sites excluding steroid dienone is 14. The van der Waals surface area contributed by atoms with Crippen molar-refractivity contribution in [2.24, 2.45) is 0 Å². The van der Waals surface area contributed by atoms with Crippen LogP contribution in [-0.2, 0) is 28.6 Å². The molecule has 0 aromatic heterocycles. The van der Waals surface area contributed by atoms with Gasteiger partial charge in [-0.25, -0.2) is 0 Å². The molecule has 0 radical (unpaired) electrons. The standard InChI is InChI=1S/C60H102O6/c1-4-7-10-13-16-19-22-24-26-28-29-30-31-33-34-36-38-41-44-47-50-53-59(62)65-56-57(55-64-58(61)52-49-46-43-40-21-18-15-12-9-6-3)66-60(63)54-51-48-45-42-39-37-35-32-27-25-23-20-17-14-11-8-5-2/h8,11-12,15,17,20,22,24-25,27-29,35,37,57H,4-7,9-10,13-14,16,18-19,21,23,26,30-34,36,38-56H2,1-3H3/b11-8-,15-12-,20-17-,24-22-,27-25-,29-28-,37-35-. The number of unbranched alkanes of at least 4 members (excludes halogenated alkanes) is 24. The van der Waals surface area contributed by atoms with E-state index in [-0.39, 0.29) is 31.1 Å². The van der Waals surface area contributed by atoms with E-state index in [1.54, 1.807) is 0 Å². The third-order valence-electron chi connectivity index (χ3n) is 11.6. The zero-order chi connectivity index (χ0) is 47.9. The van der Waals surface area contributed by atoms with Crippen molar-refractivity contribution in [3.63, 3.8) is 0 Å². The van der Waals surface area contributed by atoms with Gasteiger partial charge in [0.05, 0.1) is 0 Å². The summed E-state index contributed by atoms with van der Waals surface area (Å²) in [6.45, 7) is 6.43. The third-order valence-corrected chi connectivity index (χ3v) is 11.6. The molecule has 0 amide bonds. The molecule has 0 saturated heterocycles. The summed E-state index contributed by atoms with van der Waals surface area (Å²) in [7, 11) is 0. The largest absolute Gasteiger partial charge is 0.462 e. The maximum atomic E-state index is 12.8. The van der Waals surface area contributed by atoms with E-state index in [4.69, 9.17) is 14.2 Å². The van der Waals surface area contributed by atoms with Crippen LogP contribution in [0.5, 0.6) is 0 Å². The lowest BCUT2D eigenvalue weighted by molar-refractivity contribution is -0.167. The second-order valence-electron chi connectivity index (χ2n) is 18.1. The maximum absolute atomic E-state index is 12.8. The minimum Gasteiger partial charge on any atom is -0.462 e. The van der Waals surface area contributed by atoms with Gasteiger partial charge in [-0.1, -0.05) is 215 Å². The average Bonchev–Trinajstić information content (AvgIpc) is 3.31. The Balaban J connectivity index is 4.36. The second kappa shape index (κ2) is 54.2. The van der Waals surface area contributed by atoms with Crippen molar-refractivity contribution in [3.05, 3.63) is 85.1 Å². The Kier molecular flexibility index (Phi) is 51.4. The first kappa shape index (κ1) is 62.6. The molecule has 0 aliphatic carbocycles. The second-order valence-corrected chi connectivity index (χ2v) is 18.1. The summed E-state index contributed by atoms with van der Waals surface area (Å²) in [5.74, 6) is -0.929. The molecule has 66 heavy (non-hydrogen) atoms. The molecule has 0 aromatic rings. The minimum atomic E-state index is -0.794. The lowest BCUT2D eigenvalue weighted by atomic mass is 10.1. The number of carbonyl (C=O) groups excluding carboxylic acids is 3. The highest BCUT2D eigenvalue weighted by atomic mass is 16.6. The number of hydrogen-bond donors (Lipinski definition) is 0. The van der Waals surface area contributed by atoms with Gasteiger partial charge in [-0.05, 0) is 109 Å². The molecule has 0 heterocycles. The van der Waals surface area contributed by atoms with E-state index >= 15 is 0 Å². The Morgan fingerprint density at radius 3 is 1.00 bits per heavy atom. The number of esters is 3. The van der Waals surface area contributed by atoms with Gasteiger partial charge >= 0.3 is 17.9 Å². The van der Waals surface area contributed by atoms with Crippen LogP contribution < -0.4 is 0 Å². The molecule has 0 aliphatic heterocycles. The van der Waals surface area contributed by atoms with Crippen molar-refractivity contribution >= 4 is 17.9 Å². The molecule has 0 aliphatic rings. The van der Waals surface area contributed by atoms with E-state index in [0.29, 0.717) is 19.3 Å². The van der Waals surface area contributed by atoms with E-state index in [2.05, 4.69) is 106 Å². The molecule has 0 bridgehead atoms. The highest BCUT2D eigenvalue weighted by molar-refractivity contribution is 5.71. The van der Waals surface area contributed by atoms with E-state index < -0.39 is 6.10 Å². The third kappa shape index (κ3) is 51.6. The van der Waals surface area contributed by atoms with Crippen LogP contribution in [0.4, 0.5) is 0 Å². The molecular weight excluding hydrogens is 817 g/mol. The van der Waals surface area contributed by atoms with Gasteiger partial charge in [0.25, 0.3) is 0 Å². The van der Waals surface area contributed by atoms with Gasteiger partial charge in [-0.3, -0.25) is 14.4 Å². The Hall–Kier alpha value is -3.41. The smallest absolute Gasteiger partial charge is 0.306 e. The van der Waals surface area contributed by atoms with Crippen LogP contribution in [0.3, 0.4) is 0 Å². The average molecular weight is 919 g/mol. The Morgan fingerprint density at radius 1 is 0.318 bits per heavy atom. The minimum absolute atomic E-state index is 0.0917. The van der Waals surface area contributed by atoms with Crippen molar-refractivity contribution in [2.75, 3.05) is 13.2 Å². The van der Waals surface area contributed by atoms with Crippen LogP contribution in [0.15, 0.2) is 85.1 Å². The normalized spacial score (nSPS) is 12.7. The number of ether oxygens (including phenoxy) is 3. The lowest BCUT2D eigenvalue weighted by Crippen LogP contribution is -2.30. The summed E-state index contributed by atoms with van der Waals surface area (Å²) in [4.78, 5) is 38.0. The number of hydrogen-bond acceptors (Lipinski definition) is 6. The predicted octanol–water partition coefficient (Wildman–Crippen LogP) is 18.4. The van der Waals surface area contributed by atoms with Gasteiger partial charge in [-0.2, -0.15) is 0 Å². The molecule has 0 fully saturated rings. The van der Waals surface area contributed by atoms with Crippen LogP contribution in [0, 0.1) is 0 Å². The fourth-order valence-corrected chi connectivity index (χ4v) is 7.47. The van der Waals surface area contributed by atoms with Crippen molar-refractivity contribution in [3.8, 4) is 0 Å². The van der Waals surface area contributed by atoms with Crippen LogP contribution >= 0.6 is 0 Å². The lowest BCUT2D eigenvalue weighted by Gasteiger charge is -2.18. The van der Waals surface area contributed by atoms with Gasteiger partial charge in [-0.15, -0.1) is 0 Å². The van der Waals surface area contributed by atoms with Crippen molar-refractivity contribution in [1.82, 2.24) is 0 Å². The molecule has 6 nitrogen and oxygen atoms in total. The summed E-state index contributed by atoms with van der Waals surface area (Å²) in [5, 5.41) is 0. The van der Waals surface area contributed by atoms with Crippen molar-refractivity contribution < 1.29 is 28.6 Å². The molecule has 0 saturated carbocycles. The molecule has 1 atom stereocenters. The van der Waals surface area contributed by atoms with E-state index in [1.165, 1.54) is 96.3 Å². The topological polar surface area (TPSA) is 78.9 Å². The Labute approximate surface area is 407 Å². The van der Waals surface area contributed by atoms with Crippen LogP contribution in [-0.4, -0.2) is 37.2 Å². The van der Waals surface area contributed by atoms with E-state index in [1.807, 2.05) is 0 Å². The van der Waals surface area contributed by atoms with E-state index in [0.717, 1.165) is 122 Å². The fraction of sp³-hybridized carbons (Fsp3) is 0.717. The SMILES string of the molecule is CC/C=C\C/C=C\C/C=C\C/C=C\CCCCCCC(=O)OC(COC(=O)CCCCCCC/C=C\CCC)COC(=O)CCCCCCCCCCC/C=C\C/C=C\CCCCCCC. The van der Waals surface area contributed by atoms with Gasteiger partial charge in [0, 0.05) is 19.3 Å². The molecule has 0 aromatic carbocycles. The monoisotopic (exact) mass is 919 g/mol. The Bertz CT molecular complexity index is 1290. The van der Waals surface area contributed by atoms with Gasteiger partial charge < -0.3 is 14.2 Å². The van der Waals surface area contributed by atoms with Crippen LogP contribution in [0.2, 0.25) is 0 Å². The fourth-order valence-electron chi connectivity index (χ4n) is 7.47. The summed E-state index contributed by atoms with van der Waals surface area (Å²) in [6, 6.07) is 0. The van der Waals surface area contributed by atoms with Crippen molar-refractivity contribution in [1.29, 1.82) is 0 Å². The molecule has 6 heteroatoms. The van der Waals surface area contributed by atoms with Gasteiger partial charge in [0.1, 0.15) is 13.2 Å². The first-order chi connectivity index (χ1) is 32.5. The van der Waals surface area contributed by atoms with Gasteiger partial charge in [0.2, 0.25) is 0 Å². The highest BCUT2D eigenvalue weighted by Gasteiger charge is 2.19. The maximum Gasteiger partial charge on any atom is 0.306 e. The summed E-state index contributed by atoms with van der Waals surface area (Å²) in [6.07, 6.45) is 70.0. The molecule has 0 rings (SSSR count).